The zero-order valence-electron chi connectivity index (χ0n) is 8.88. The Balaban J connectivity index is 2.18. The second-order valence-electron chi connectivity index (χ2n) is 3.70. The molecule has 17 heavy (non-hydrogen) atoms. The van der Waals surface area contributed by atoms with E-state index in [2.05, 4.69) is 20.2 Å². The van der Waals surface area contributed by atoms with Crippen LogP contribution >= 0.6 is 0 Å². The fraction of sp³-hybridized carbons (Fsp3) is 0. The molecular formula is C11H10N6. The third kappa shape index (κ3) is 1.55. The van der Waals surface area contributed by atoms with E-state index in [1.54, 1.807) is 6.07 Å². The third-order valence-electron chi connectivity index (χ3n) is 2.58. The molecule has 3 aromatic rings. The highest BCUT2D eigenvalue weighted by Crippen LogP contribution is 2.24. The van der Waals surface area contributed by atoms with Crippen LogP contribution in [0.1, 0.15) is 0 Å². The fourth-order valence-corrected chi connectivity index (χ4v) is 1.73. The van der Waals surface area contributed by atoms with E-state index in [-0.39, 0.29) is 0 Å². The number of aromatic amines is 1. The van der Waals surface area contributed by atoms with E-state index in [0.29, 0.717) is 11.6 Å². The molecule has 3 rings (SSSR count). The summed E-state index contributed by atoms with van der Waals surface area (Å²) in [6, 6.07) is 7.49. The van der Waals surface area contributed by atoms with Crippen molar-refractivity contribution in [3.63, 3.8) is 0 Å². The van der Waals surface area contributed by atoms with Crippen LogP contribution in [0.3, 0.4) is 0 Å². The fourth-order valence-electron chi connectivity index (χ4n) is 1.73. The third-order valence-corrected chi connectivity index (χ3v) is 2.58. The Morgan fingerprint density at radius 3 is 2.76 bits per heavy atom. The van der Waals surface area contributed by atoms with Gasteiger partial charge in [-0.25, -0.2) is 9.97 Å². The highest BCUT2D eigenvalue weighted by atomic mass is 15.1. The van der Waals surface area contributed by atoms with Crippen LogP contribution in [0.25, 0.3) is 22.2 Å². The largest absolute Gasteiger partial charge is 0.384 e. The van der Waals surface area contributed by atoms with Gasteiger partial charge in [-0.15, -0.1) is 0 Å². The summed E-state index contributed by atoms with van der Waals surface area (Å²) < 4.78 is 0. The summed E-state index contributed by atoms with van der Waals surface area (Å²) >= 11 is 0. The normalized spacial score (nSPS) is 10.8. The Morgan fingerprint density at radius 2 is 1.94 bits per heavy atom. The van der Waals surface area contributed by atoms with Gasteiger partial charge in [0.2, 0.25) is 0 Å². The van der Waals surface area contributed by atoms with E-state index in [9.17, 15) is 0 Å². The molecule has 0 bridgehead atoms. The Kier molecular flexibility index (Phi) is 1.94. The molecule has 2 aromatic heterocycles. The molecule has 5 N–H and O–H groups in total. The number of nitrogens with zero attached hydrogens (tertiary/aromatic N) is 3. The molecular weight excluding hydrogens is 216 g/mol. The molecule has 84 valence electrons. The summed E-state index contributed by atoms with van der Waals surface area (Å²) in [5.41, 5.74) is 13.9. The van der Waals surface area contributed by atoms with E-state index in [1.165, 1.54) is 6.33 Å². The van der Waals surface area contributed by atoms with E-state index in [0.717, 1.165) is 22.2 Å². The first-order valence-corrected chi connectivity index (χ1v) is 5.05. The van der Waals surface area contributed by atoms with Crippen molar-refractivity contribution in [1.82, 2.24) is 20.2 Å². The molecule has 0 atom stereocenters. The standard InChI is InChI=1S/C11H10N6/c12-10-4-8(14-5-15-10)6-1-2-7-9(3-6)16-17-11(7)13/h1-5H,(H2,12,14,15)(H3,13,16,17). The average molecular weight is 226 g/mol. The maximum Gasteiger partial charge on any atom is 0.153 e. The van der Waals surface area contributed by atoms with Gasteiger partial charge in [0, 0.05) is 17.0 Å². The lowest BCUT2D eigenvalue weighted by Gasteiger charge is -2.01. The minimum absolute atomic E-state index is 0.444. The minimum atomic E-state index is 0.444. The van der Waals surface area contributed by atoms with Gasteiger partial charge in [-0.1, -0.05) is 6.07 Å². The number of fused-ring (bicyclic) bond motifs is 1. The van der Waals surface area contributed by atoms with Crippen molar-refractivity contribution >= 4 is 22.5 Å². The highest BCUT2D eigenvalue weighted by Gasteiger charge is 2.05. The topological polar surface area (TPSA) is 106 Å². The molecule has 0 saturated carbocycles. The lowest BCUT2D eigenvalue weighted by Crippen LogP contribution is -1.92. The first-order chi connectivity index (χ1) is 8.24. The molecule has 2 heterocycles. The van der Waals surface area contributed by atoms with Crippen LogP contribution in [0.4, 0.5) is 11.6 Å². The van der Waals surface area contributed by atoms with Gasteiger partial charge in [0.1, 0.15) is 12.1 Å². The van der Waals surface area contributed by atoms with Crippen molar-refractivity contribution in [3.8, 4) is 11.3 Å². The maximum absolute atomic E-state index is 5.70. The van der Waals surface area contributed by atoms with Crippen molar-refractivity contribution in [1.29, 1.82) is 0 Å². The summed E-state index contributed by atoms with van der Waals surface area (Å²) in [5, 5.41) is 7.71. The monoisotopic (exact) mass is 226 g/mol. The first-order valence-electron chi connectivity index (χ1n) is 5.05. The lowest BCUT2D eigenvalue weighted by atomic mass is 10.1. The smallest absolute Gasteiger partial charge is 0.153 e. The van der Waals surface area contributed by atoms with Crippen LogP contribution < -0.4 is 11.5 Å². The van der Waals surface area contributed by atoms with Gasteiger partial charge in [0.25, 0.3) is 0 Å². The Bertz CT molecular complexity index is 687. The lowest BCUT2D eigenvalue weighted by molar-refractivity contribution is 1.13. The number of hydrogen-bond acceptors (Lipinski definition) is 5. The minimum Gasteiger partial charge on any atom is -0.384 e. The van der Waals surface area contributed by atoms with Gasteiger partial charge in [-0.3, -0.25) is 5.10 Å². The van der Waals surface area contributed by atoms with Crippen LogP contribution in [-0.2, 0) is 0 Å². The summed E-state index contributed by atoms with van der Waals surface area (Å²) in [5.74, 6) is 0.938. The summed E-state index contributed by atoms with van der Waals surface area (Å²) in [7, 11) is 0. The Hall–Kier alpha value is -2.63. The number of rotatable bonds is 1. The van der Waals surface area contributed by atoms with E-state index in [1.807, 2.05) is 18.2 Å². The maximum atomic E-state index is 5.70. The quantitative estimate of drug-likeness (QED) is 0.577. The van der Waals surface area contributed by atoms with Gasteiger partial charge in [-0.05, 0) is 12.1 Å². The molecule has 1 aromatic carbocycles. The van der Waals surface area contributed by atoms with Crippen molar-refractivity contribution in [3.05, 3.63) is 30.6 Å². The van der Waals surface area contributed by atoms with E-state index >= 15 is 0 Å². The number of aromatic nitrogens is 4. The number of benzene rings is 1. The molecule has 0 saturated heterocycles. The van der Waals surface area contributed by atoms with Crippen molar-refractivity contribution in [2.45, 2.75) is 0 Å². The molecule has 0 aliphatic rings. The zero-order valence-corrected chi connectivity index (χ0v) is 8.88. The zero-order chi connectivity index (χ0) is 11.8. The second kappa shape index (κ2) is 3.44. The molecule has 0 radical (unpaired) electrons. The Morgan fingerprint density at radius 1 is 1.06 bits per heavy atom. The molecule has 0 aliphatic carbocycles. The van der Waals surface area contributed by atoms with Crippen molar-refractivity contribution < 1.29 is 0 Å². The van der Waals surface area contributed by atoms with Crippen molar-refractivity contribution in [2.75, 3.05) is 11.5 Å². The first kappa shape index (κ1) is 9.59. The summed E-state index contributed by atoms with van der Waals surface area (Å²) in [4.78, 5) is 8.03. The van der Waals surface area contributed by atoms with Crippen LogP contribution in [0.15, 0.2) is 30.6 Å². The molecule has 6 heteroatoms. The van der Waals surface area contributed by atoms with Gasteiger partial charge in [0.15, 0.2) is 5.82 Å². The second-order valence-corrected chi connectivity index (χ2v) is 3.70. The summed E-state index contributed by atoms with van der Waals surface area (Å²) in [6.07, 6.45) is 1.44. The van der Waals surface area contributed by atoms with Gasteiger partial charge >= 0.3 is 0 Å². The van der Waals surface area contributed by atoms with Gasteiger partial charge in [-0.2, -0.15) is 5.10 Å². The van der Waals surface area contributed by atoms with Gasteiger partial charge < -0.3 is 11.5 Å². The van der Waals surface area contributed by atoms with Crippen LogP contribution in [-0.4, -0.2) is 20.2 Å². The number of anilines is 2. The molecule has 0 amide bonds. The number of H-pyrrole nitrogens is 1. The van der Waals surface area contributed by atoms with Gasteiger partial charge in [0.05, 0.1) is 11.2 Å². The number of hydrogen-bond donors (Lipinski definition) is 3. The number of nitrogen functional groups attached to an aromatic ring is 2. The molecule has 0 aliphatic heterocycles. The SMILES string of the molecule is Nc1cc(-c2ccc3c(N)n[nH]c3c2)ncn1. The van der Waals surface area contributed by atoms with E-state index < -0.39 is 0 Å². The van der Waals surface area contributed by atoms with Crippen LogP contribution in [0.2, 0.25) is 0 Å². The number of nitrogens with one attached hydrogen (secondary N) is 1. The summed E-state index contributed by atoms with van der Waals surface area (Å²) in [6.45, 7) is 0. The molecule has 0 unspecified atom stereocenters. The Labute approximate surface area is 96.7 Å². The highest BCUT2D eigenvalue weighted by molar-refractivity contribution is 5.91. The van der Waals surface area contributed by atoms with E-state index in [4.69, 9.17) is 11.5 Å². The van der Waals surface area contributed by atoms with Crippen LogP contribution in [0.5, 0.6) is 0 Å². The average Bonchev–Trinajstić information content (AvgIpc) is 2.71. The molecule has 6 nitrogen and oxygen atoms in total. The van der Waals surface area contributed by atoms with Crippen molar-refractivity contribution in [2.24, 2.45) is 0 Å². The number of nitrogens with two attached hydrogens (primary N) is 2. The molecule has 0 fully saturated rings. The predicted octanol–water partition coefficient (Wildman–Crippen LogP) is 1.18. The predicted molar refractivity (Wildman–Crippen MR) is 65.9 cm³/mol. The van der Waals surface area contributed by atoms with Crippen LogP contribution in [0, 0.1) is 0 Å². The molecule has 0 spiro atoms.